The van der Waals surface area contributed by atoms with E-state index in [1.165, 1.54) is 52.8 Å². The van der Waals surface area contributed by atoms with E-state index in [2.05, 4.69) is 157 Å². The molecule has 0 saturated heterocycles. The molecule has 2 aromatic heterocycles. The lowest BCUT2D eigenvalue weighted by molar-refractivity contribution is 0.669. The number of hydrogen-bond acceptors (Lipinski definition) is 3. The number of thiophene rings is 1. The van der Waals surface area contributed by atoms with Gasteiger partial charge in [0.2, 0.25) is 0 Å². The van der Waals surface area contributed by atoms with Gasteiger partial charge in [-0.15, -0.1) is 11.3 Å². The van der Waals surface area contributed by atoms with Crippen molar-refractivity contribution in [2.75, 3.05) is 4.90 Å². The first-order valence-electron chi connectivity index (χ1n) is 15.9. The van der Waals surface area contributed by atoms with E-state index in [0.717, 1.165) is 39.0 Å². The van der Waals surface area contributed by atoms with Crippen LogP contribution in [0.4, 0.5) is 17.1 Å². The maximum absolute atomic E-state index is 6.36. The van der Waals surface area contributed by atoms with Crippen molar-refractivity contribution in [1.82, 2.24) is 0 Å². The lowest BCUT2D eigenvalue weighted by atomic mass is 10.0. The van der Waals surface area contributed by atoms with Crippen molar-refractivity contribution >= 4 is 92.1 Å². The molecule has 47 heavy (non-hydrogen) atoms. The largest absolute Gasteiger partial charge is 0.456 e. The molecule has 0 aliphatic rings. The number of hydrogen-bond donors (Lipinski definition) is 0. The van der Waals surface area contributed by atoms with Crippen molar-refractivity contribution in [2.45, 2.75) is 0 Å². The number of fused-ring (bicyclic) bond motifs is 9. The van der Waals surface area contributed by atoms with Crippen LogP contribution in [0.1, 0.15) is 0 Å². The van der Waals surface area contributed by atoms with Crippen molar-refractivity contribution in [3.05, 3.63) is 164 Å². The molecular formula is C44H27NOS. The van der Waals surface area contributed by atoms with Gasteiger partial charge in [-0.05, 0) is 81.2 Å². The summed E-state index contributed by atoms with van der Waals surface area (Å²) in [5.41, 5.74) is 7.51. The van der Waals surface area contributed by atoms with Gasteiger partial charge >= 0.3 is 0 Å². The van der Waals surface area contributed by atoms with E-state index in [0.29, 0.717) is 0 Å². The molecule has 2 nitrogen and oxygen atoms in total. The van der Waals surface area contributed by atoms with E-state index in [1.54, 1.807) is 0 Å². The van der Waals surface area contributed by atoms with Crippen LogP contribution in [0.15, 0.2) is 168 Å². The minimum atomic E-state index is 0.882. The van der Waals surface area contributed by atoms with Crippen molar-refractivity contribution in [1.29, 1.82) is 0 Å². The topological polar surface area (TPSA) is 16.4 Å². The Balaban J connectivity index is 1.15. The lowest BCUT2D eigenvalue weighted by Crippen LogP contribution is -2.09. The Labute approximate surface area is 275 Å². The van der Waals surface area contributed by atoms with Crippen LogP contribution in [0.3, 0.4) is 0 Å². The zero-order valence-corrected chi connectivity index (χ0v) is 26.2. The van der Waals surface area contributed by atoms with Crippen molar-refractivity contribution < 1.29 is 4.42 Å². The normalized spacial score (nSPS) is 11.8. The second-order valence-corrected chi connectivity index (χ2v) is 13.2. The monoisotopic (exact) mass is 617 g/mol. The first-order chi connectivity index (χ1) is 23.3. The van der Waals surface area contributed by atoms with Gasteiger partial charge in [-0.2, -0.15) is 0 Å². The summed E-state index contributed by atoms with van der Waals surface area (Å²) >= 11 is 1.87. The SMILES string of the molecule is c1ccc2c(c1)ccc1ccc(N(c3ccc(-c4cccc5c4sc4ccccc45)cc3)c3ccc4c(c3)oc3ccccc34)cc12. The third-order valence-electron chi connectivity index (χ3n) is 9.45. The van der Waals surface area contributed by atoms with Crippen LogP contribution < -0.4 is 4.90 Å². The zero-order valence-electron chi connectivity index (χ0n) is 25.4. The van der Waals surface area contributed by atoms with Crippen LogP contribution in [0.5, 0.6) is 0 Å². The maximum Gasteiger partial charge on any atom is 0.137 e. The predicted octanol–water partition coefficient (Wildman–Crippen LogP) is 13.4. The number of nitrogens with zero attached hydrogens (tertiary/aromatic N) is 1. The molecule has 10 aromatic rings. The summed E-state index contributed by atoms with van der Waals surface area (Å²) in [6.45, 7) is 0. The molecular weight excluding hydrogens is 591 g/mol. The van der Waals surface area contributed by atoms with E-state index in [9.17, 15) is 0 Å². The molecule has 0 amide bonds. The highest BCUT2D eigenvalue weighted by Gasteiger charge is 2.17. The Morgan fingerprint density at radius 2 is 1.04 bits per heavy atom. The molecule has 3 heteroatoms. The molecule has 2 heterocycles. The molecule has 0 N–H and O–H groups in total. The van der Waals surface area contributed by atoms with Crippen molar-refractivity contribution in [3.8, 4) is 11.1 Å². The second kappa shape index (κ2) is 10.3. The van der Waals surface area contributed by atoms with Crippen LogP contribution >= 0.6 is 11.3 Å². The minimum Gasteiger partial charge on any atom is -0.456 e. The van der Waals surface area contributed by atoms with Crippen LogP contribution in [-0.2, 0) is 0 Å². The van der Waals surface area contributed by atoms with E-state index in [1.807, 2.05) is 23.5 Å². The molecule has 10 rings (SSSR count). The van der Waals surface area contributed by atoms with E-state index in [-0.39, 0.29) is 0 Å². The number of para-hydroxylation sites is 1. The summed E-state index contributed by atoms with van der Waals surface area (Å²) in [7, 11) is 0. The molecule has 0 unspecified atom stereocenters. The van der Waals surface area contributed by atoms with Gasteiger partial charge in [0.15, 0.2) is 0 Å². The summed E-state index contributed by atoms with van der Waals surface area (Å²) < 4.78 is 9.01. The fraction of sp³-hybridized carbons (Fsp3) is 0. The first kappa shape index (κ1) is 26.3. The third kappa shape index (κ3) is 4.17. The van der Waals surface area contributed by atoms with Gasteiger partial charge in [-0.3, -0.25) is 0 Å². The third-order valence-corrected chi connectivity index (χ3v) is 10.7. The van der Waals surface area contributed by atoms with E-state index < -0.39 is 0 Å². The highest BCUT2D eigenvalue weighted by molar-refractivity contribution is 7.26. The Bertz CT molecular complexity index is 2810. The first-order valence-corrected chi connectivity index (χ1v) is 16.7. The second-order valence-electron chi connectivity index (χ2n) is 12.1. The highest BCUT2D eigenvalue weighted by Crippen LogP contribution is 2.43. The predicted molar refractivity (Wildman–Crippen MR) is 202 cm³/mol. The Kier molecular flexibility index (Phi) is 5.78. The summed E-state index contributed by atoms with van der Waals surface area (Å²) in [5, 5.41) is 9.87. The van der Waals surface area contributed by atoms with Crippen molar-refractivity contribution in [2.24, 2.45) is 0 Å². The Morgan fingerprint density at radius 1 is 0.404 bits per heavy atom. The molecule has 220 valence electrons. The fourth-order valence-corrected chi connectivity index (χ4v) is 8.43. The molecule has 0 fully saturated rings. The average molecular weight is 618 g/mol. The smallest absolute Gasteiger partial charge is 0.137 e. The Morgan fingerprint density at radius 3 is 1.94 bits per heavy atom. The highest BCUT2D eigenvalue weighted by atomic mass is 32.1. The lowest BCUT2D eigenvalue weighted by Gasteiger charge is -2.26. The van der Waals surface area contributed by atoms with Gasteiger partial charge in [0, 0.05) is 54.1 Å². The van der Waals surface area contributed by atoms with Crippen LogP contribution in [0.25, 0.3) is 74.8 Å². The van der Waals surface area contributed by atoms with E-state index in [4.69, 9.17) is 4.42 Å². The molecule has 0 saturated carbocycles. The molecule has 0 atom stereocenters. The van der Waals surface area contributed by atoms with Crippen molar-refractivity contribution in [3.63, 3.8) is 0 Å². The van der Waals surface area contributed by atoms with Crippen LogP contribution in [0, 0.1) is 0 Å². The summed E-state index contributed by atoms with van der Waals surface area (Å²) in [6, 6.07) is 59.1. The Hall–Kier alpha value is -5.90. The number of benzene rings is 8. The summed E-state index contributed by atoms with van der Waals surface area (Å²) in [6.07, 6.45) is 0. The molecule has 0 radical (unpaired) electrons. The summed E-state index contributed by atoms with van der Waals surface area (Å²) in [5.74, 6) is 0. The minimum absolute atomic E-state index is 0.882. The fourth-order valence-electron chi connectivity index (χ4n) is 7.19. The molecule has 0 bridgehead atoms. The van der Waals surface area contributed by atoms with Gasteiger partial charge in [-0.1, -0.05) is 109 Å². The number of furan rings is 1. The van der Waals surface area contributed by atoms with Gasteiger partial charge < -0.3 is 9.32 Å². The maximum atomic E-state index is 6.36. The van der Waals surface area contributed by atoms with Gasteiger partial charge in [0.25, 0.3) is 0 Å². The average Bonchev–Trinajstić information content (AvgIpc) is 3.70. The summed E-state index contributed by atoms with van der Waals surface area (Å²) in [4.78, 5) is 2.34. The number of rotatable bonds is 4. The van der Waals surface area contributed by atoms with Gasteiger partial charge in [0.1, 0.15) is 11.2 Å². The zero-order chi connectivity index (χ0) is 30.9. The van der Waals surface area contributed by atoms with Crippen LogP contribution in [0.2, 0.25) is 0 Å². The standard InChI is InChI=1S/C44H27NOS/c1-2-9-34-28(8-1)16-17-30-20-23-32(26-40(30)34)45(33-24-25-37-36-10-3-5-14-41(36)46-42(37)27-33)31-21-18-29(19-22-31)35-12-7-13-39-38-11-4-6-15-43(38)47-44(35)39/h1-27H. The quantitative estimate of drug-likeness (QED) is 0.183. The molecule has 0 aliphatic heterocycles. The molecule has 0 spiro atoms. The molecule has 8 aromatic carbocycles. The van der Waals surface area contributed by atoms with Crippen LogP contribution in [-0.4, -0.2) is 0 Å². The number of anilines is 3. The van der Waals surface area contributed by atoms with Gasteiger partial charge in [0.05, 0.1) is 0 Å². The van der Waals surface area contributed by atoms with Gasteiger partial charge in [-0.25, -0.2) is 0 Å². The van der Waals surface area contributed by atoms with E-state index >= 15 is 0 Å². The molecule has 0 aliphatic carbocycles.